The Kier molecular flexibility index (Phi) is 10.3. The summed E-state index contributed by atoms with van der Waals surface area (Å²) in [5.41, 5.74) is -1.50. The Morgan fingerprint density at radius 2 is 1.85 bits per heavy atom. The number of amides is 5. The molecular weight excluding hydrogens is 699 g/mol. The minimum Gasteiger partial charge on any atom is -0.444 e. The van der Waals surface area contributed by atoms with Gasteiger partial charge < -0.3 is 25.0 Å². The molecule has 284 valence electrons. The van der Waals surface area contributed by atoms with Crippen LogP contribution in [0.5, 0.6) is 0 Å². The summed E-state index contributed by atoms with van der Waals surface area (Å²) in [6, 6.07) is 2.22. The zero-order chi connectivity index (χ0) is 37.6. The molecule has 3 fully saturated rings. The predicted molar refractivity (Wildman–Crippen MR) is 183 cm³/mol. The summed E-state index contributed by atoms with van der Waals surface area (Å²) in [6.45, 7) is 4.95. The topological polar surface area (TPSA) is 198 Å². The van der Waals surface area contributed by atoms with E-state index in [9.17, 15) is 36.8 Å². The molecule has 1 aromatic rings. The standard InChI is InChI=1S/C35H47FN6O9S/c1-34(2,3)51-32(46)38-27-13-8-6-4-5-7-11-22-17-35(22,31(45)42(37)52(48,49)24-14-15-24)39-29(43)28-16-23(19-41(28)30(27)44)50-33(47)40-18-21-10-9-12-26(36)25(21)20-40/h7,9-12,22-24,27-28H,4-6,8,13-20,37H2,1-3H3,(H,38,46)(H,39,43)/b11-7-/t22-,23-,27+,28+,35-/m1/s1. The van der Waals surface area contributed by atoms with Gasteiger partial charge in [-0.25, -0.2) is 28.2 Å². The Morgan fingerprint density at radius 1 is 1.10 bits per heavy atom. The number of carbonyl (C=O) groups is 5. The van der Waals surface area contributed by atoms with Gasteiger partial charge in [0.15, 0.2) is 0 Å². The van der Waals surface area contributed by atoms with Gasteiger partial charge in [0.05, 0.1) is 18.3 Å². The number of nitrogens with one attached hydrogen (secondary N) is 2. The molecule has 1 aromatic carbocycles. The summed E-state index contributed by atoms with van der Waals surface area (Å²) in [5, 5.41) is 4.64. The first-order chi connectivity index (χ1) is 24.5. The van der Waals surface area contributed by atoms with Crippen LogP contribution in [0.25, 0.3) is 0 Å². The molecule has 5 aliphatic rings. The third kappa shape index (κ3) is 7.89. The normalized spacial score (nSPS) is 28.6. The maximum Gasteiger partial charge on any atom is 0.410 e. The van der Waals surface area contributed by atoms with Crippen LogP contribution in [0.4, 0.5) is 14.0 Å². The van der Waals surface area contributed by atoms with Crippen molar-refractivity contribution in [3.05, 3.63) is 47.3 Å². The smallest absolute Gasteiger partial charge is 0.410 e. The first-order valence-electron chi connectivity index (χ1n) is 17.8. The van der Waals surface area contributed by atoms with E-state index in [2.05, 4.69) is 10.6 Å². The number of nitrogens with two attached hydrogens (primary N) is 1. The highest BCUT2D eigenvalue weighted by Gasteiger charge is 2.64. The number of carbonyl (C=O) groups excluding carboxylic acids is 5. The van der Waals surface area contributed by atoms with Gasteiger partial charge in [-0.1, -0.05) is 37.1 Å². The third-order valence-electron chi connectivity index (χ3n) is 10.2. The van der Waals surface area contributed by atoms with Crippen LogP contribution >= 0.6 is 0 Å². The second-order valence-corrected chi connectivity index (χ2v) is 17.5. The van der Waals surface area contributed by atoms with Crippen LogP contribution in [0, 0.1) is 11.7 Å². The SMILES string of the molecule is CC(C)(C)OC(=O)N[C@H]1CCCCC/C=C\[C@@H]2C[C@@]2(C(=O)N(N)S(=O)(=O)C2CC2)NC(=O)[C@@H]2C[C@@H](OC(=O)N3Cc4cccc(F)c4C3)CN2C1=O. The maximum absolute atomic E-state index is 14.4. The van der Waals surface area contributed by atoms with E-state index in [1.165, 1.54) is 15.9 Å². The lowest BCUT2D eigenvalue weighted by Gasteiger charge is -2.31. The summed E-state index contributed by atoms with van der Waals surface area (Å²) in [4.78, 5) is 71.2. The van der Waals surface area contributed by atoms with Crippen molar-refractivity contribution in [3.8, 4) is 0 Å². The summed E-state index contributed by atoms with van der Waals surface area (Å²) in [7, 11) is -4.14. The van der Waals surface area contributed by atoms with Crippen LogP contribution in [-0.4, -0.2) is 93.7 Å². The number of alkyl carbamates (subject to hydrolysis) is 1. The van der Waals surface area contributed by atoms with E-state index in [1.807, 2.05) is 6.08 Å². The summed E-state index contributed by atoms with van der Waals surface area (Å²) < 4.78 is 51.8. The number of nitrogens with zero attached hydrogens (tertiary/aromatic N) is 3. The number of ether oxygens (including phenoxy) is 2. The molecule has 15 nitrogen and oxygen atoms in total. The average Bonchev–Trinajstić information content (AvgIpc) is 3.95. The van der Waals surface area contributed by atoms with Gasteiger partial charge in [-0.2, -0.15) is 4.41 Å². The zero-order valence-corrected chi connectivity index (χ0v) is 30.5. The molecule has 5 atom stereocenters. The Hall–Kier alpha value is -4.25. The van der Waals surface area contributed by atoms with Gasteiger partial charge in [0.1, 0.15) is 35.1 Å². The molecule has 0 aromatic heterocycles. The fourth-order valence-corrected chi connectivity index (χ4v) is 8.61. The quantitative estimate of drug-likeness (QED) is 0.174. The van der Waals surface area contributed by atoms with Crippen LogP contribution < -0.4 is 16.5 Å². The number of hydrogen-bond donors (Lipinski definition) is 3. The van der Waals surface area contributed by atoms with Gasteiger partial charge in [0.25, 0.3) is 15.9 Å². The third-order valence-corrected chi connectivity index (χ3v) is 12.2. The van der Waals surface area contributed by atoms with E-state index in [-0.39, 0.29) is 43.3 Å². The number of rotatable bonds is 5. The predicted octanol–water partition coefficient (Wildman–Crippen LogP) is 2.73. The molecule has 0 radical (unpaired) electrons. The molecule has 3 heterocycles. The summed E-state index contributed by atoms with van der Waals surface area (Å²) >= 11 is 0. The number of fused-ring (bicyclic) bond motifs is 3. The van der Waals surface area contributed by atoms with Crippen molar-refractivity contribution in [1.82, 2.24) is 24.8 Å². The number of halogens is 1. The number of sulfonamides is 1. The van der Waals surface area contributed by atoms with Crippen LogP contribution in [0.2, 0.25) is 0 Å². The lowest BCUT2D eigenvalue weighted by atomic mass is 10.0. The second kappa shape index (κ2) is 14.3. The van der Waals surface area contributed by atoms with Gasteiger partial charge in [0, 0.05) is 24.4 Å². The largest absolute Gasteiger partial charge is 0.444 e. The minimum atomic E-state index is -4.14. The monoisotopic (exact) mass is 746 g/mol. The van der Waals surface area contributed by atoms with Crippen LogP contribution in [0.3, 0.4) is 0 Å². The van der Waals surface area contributed by atoms with Gasteiger partial charge >= 0.3 is 12.2 Å². The fourth-order valence-electron chi connectivity index (χ4n) is 7.16. The molecule has 3 aliphatic heterocycles. The Morgan fingerprint density at radius 3 is 2.54 bits per heavy atom. The highest BCUT2D eigenvalue weighted by Crippen LogP contribution is 2.47. The number of allylic oxidation sites excluding steroid dienone is 1. The van der Waals surface area contributed by atoms with Crippen molar-refractivity contribution in [2.45, 2.75) is 126 Å². The van der Waals surface area contributed by atoms with Crippen molar-refractivity contribution >= 4 is 39.9 Å². The highest BCUT2D eigenvalue weighted by molar-refractivity contribution is 7.90. The molecule has 2 aliphatic carbocycles. The van der Waals surface area contributed by atoms with E-state index >= 15 is 0 Å². The Bertz CT molecular complexity index is 1760. The lowest BCUT2D eigenvalue weighted by Crippen LogP contribution is -2.60. The highest BCUT2D eigenvalue weighted by atomic mass is 32.2. The lowest BCUT2D eigenvalue weighted by molar-refractivity contribution is -0.142. The van der Waals surface area contributed by atoms with Crippen LogP contribution in [-0.2, 0) is 47.0 Å². The van der Waals surface area contributed by atoms with Gasteiger partial charge in [0.2, 0.25) is 11.8 Å². The van der Waals surface area contributed by atoms with Crippen molar-refractivity contribution in [3.63, 3.8) is 0 Å². The van der Waals surface area contributed by atoms with Crippen molar-refractivity contribution in [2.75, 3.05) is 6.54 Å². The van der Waals surface area contributed by atoms with Crippen LogP contribution in [0.1, 0.15) is 89.7 Å². The fraction of sp³-hybridized carbons (Fsp3) is 0.629. The Balaban J connectivity index is 1.27. The molecule has 1 saturated heterocycles. The molecule has 4 N–H and O–H groups in total. The molecule has 0 unspecified atom stereocenters. The number of hydrazine groups is 1. The van der Waals surface area contributed by atoms with Gasteiger partial charge in [-0.3, -0.25) is 19.3 Å². The van der Waals surface area contributed by atoms with Crippen molar-refractivity contribution < 1.29 is 46.3 Å². The van der Waals surface area contributed by atoms with E-state index in [0.29, 0.717) is 43.2 Å². The molecular formula is C35H47FN6O9S. The van der Waals surface area contributed by atoms with Gasteiger partial charge in [-0.15, -0.1) is 0 Å². The molecule has 0 bridgehead atoms. The summed E-state index contributed by atoms with van der Waals surface area (Å²) in [6.07, 6.45) is 4.65. The van der Waals surface area contributed by atoms with Crippen molar-refractivity contribution in [2.24, 2.45) is 11.8 Å². The summed E-state index contributed by atoms with van der Waals surface area (Å²) in [5.74, 6) is 2.59. The molecule has 52 heavy (non-hydrogen) atoms. The molecule has 2 saturated carbocycles. The first kappa shape index (κ1) is 37.5. The first-order valence-corrected chi connectivity index (χ1v) is 19.3. The maximum atomic E-state index is 14.4. The van der Waals surface area contributed by atoms with E-state index in [0.717, 1.165) is 6.42 Å². The van der Waals surface area contributed by atoms with Crippen molar-refractivity contribution in [1.29, 1.82) is 0 Å². The number of hydrogen-bond acceptors (Lipinski definition) is 10. The molecule has 17 heteroatoms. The molecule has 0 spiro atoms. The zero-order valence-electron chi connectivity index (χ0n) is 29.6. The molecule has 5 amide bonds. The second-order valence-electron chi connectivity index (χ2n) is 15.4. The molecule has 6 rings (SSSR count). The van der Waals surface area contributed by atoms with E-state index < -0.39 is 86.2 Å². The average molecular weight is 747 g/mol. The van der Waals surface area contributed by atoms with Gasteiger partial charge in [-0.05, 0) is 70.9 Å². The van der Waals surface area contributed by atoms with E-state index in [1.54, 1.807) is 39.0 Å². The van der Waals surface area contributed by atoms with Crippen LogP contribution in [0.15, 0.2) is 30.4 Å². The minimum absolute atomic E-state index is 0.0130. The number of benzene rings is 1. The Labute approximate surface area is 302 Å². The van der Waals surface area contributed by atoms with E-state index in [4.69, 9.17) is 15.3 Å².